The summed E-state index contributed by atoms with van der Waals surface area (Å²) in [4.78, 5) is 16.2. The van der Waals surface area contributed by atoms with E-state index < -0.39 is 12.1 Å². The smallest absolute Gasteiger partial charge is 0.252 e. The number of ketones is 1. The summed E-state index contributed by atoms with van der Waals surface area (Å²) < 4.78 is 2.29. The van der Waals surface area contributed by atoms with Crippen molar-refractivity contribution in [3.8, 4) is 0 Å². The third-order valence-electron chi connectivity index (χ3n) is 7.96. The number of carbonyl (C=O) groups excluding carboxylic acids is 1. The second kappa shape index (κ2) is 9.57. The average Bonchev–Trinajstić information content (AvgIpc) is 2.62. The summed E-state index contributed by atoms with van der Waals surface area (Å²) in [6.07, 6.45) is 5.16. The lowest BCUT2D eigenvalue weighted by molar-refractivity contribution is -0.576. The van der Waals surface area contributed by atoms with Crippen molar-refractivity contribution in [1.82, 2.24) is 15.5 Å². The summed E-state index contributed by atoms with van der Waals surface area (Å²) in [5.41, 5.74) is 0.665. The molecular formula is C28H53N4O2+. The molecule has 0 spiro atoms. The lowest BCUT2D eigenvalue weighted by Crippen LogP contribution is -2.73. The van der Waals surface area contributed by atoms with Gasteiger partial charge in [0.1, 0.15) is 12.6 Å². The molecular weight excluding hydrogens is 424 g/mol. The molecule has 3 fully saturated rings. The van der Waals surface area contributed by atoms with E-state index in [2.05, 4.69) is 89.3 Å². The fourth-order valence-electron chi connectivity index (χ4n) is 7.68. The number of piperidine rings is 2. The van der Waals surface area contributed by atoms with Crippen LogP contribution in [0.5, 0.6) is 0 Å². The van der Waals surface area contributed by atoms with Crippen molar-refractivity contribution >= 4 is 11.5 Å². The maximum Gasteiger partial charge on any atom is 0.252 e. The highest BCUT2D eigenvalue weighted by atomic mass is 16.3. The Morgan fingerprint density at radius 1 is 0.853 bits per heavy atom. The van der Waals surface area contributed by atoms with Crippen LogP contribution in [0.15, 0.2) is 0 Å². The van der Waals surface area contributed by atoms with Gasteiger partial charge in [0, 0.05) is 47.5 Å². The van der Waals surface area contributed by atoms with Crippen molar-refractivity contribution in [2.24, 2.45) is 0 Å². The van der Waals surface area contributed by atoms with Gasteiger partial charge in [-0.1, -0.05) is 13.8 Å². The van der Waals surface area contributed by atoms with E-state index in [-0.39, 0.29) is 40.0 Å². The lowest BCUT2D eigenvalue weighted by Gasteiger charge is -2.53. The van der Waals surface area contributed by atoms with E-state index in [0.717, 1.165) is 51.6 Å². The molecule has 2 saturated heterocycles. The Hall–Kier alpha value is -0.820. The second-order valence-electron chi connectivity index (χ2n) is 14.0. The summed E-state index contributed by atoms with van der Waals surface area (Å²) in [6, 6.07) is 0.136. The SMILES string of the molecule is CCCN(C1CC(C)(C)NC(C)(C)C1)C1C(=O)C(=[N+](CCC)C2CC(C)(C)NC(C)(C)C2)C1O. The second-order valence-corrected chi connectivity index (χ2v) is 14.0. The third kappa shape index (κ3) is 5.93. The molecule has 0 aromatic heterocycles. The molecule has 0 aromatic carbocycles. The molecule has 34 heavy (non-hydrogen) atoms. The number of nitrogens with one attached hydrogen (secondary N) is 2. The Labute approximate surface area is 208 Å². The molecule has 2 unspecified atom stereocenters. The molecule has 1 saturated carbocycles. The first-order chi connectivity index (χ1) is 15.5. The standard InChI is InChI=1S/C28H53N4O2/c1-11-13-31(19-15-25(3,4)29-26(5,6)16-19)21-23(33)22(24(21)34)32(14-12-2)20-17-27(7,8)30-28(9,10)18-20/h19-21,23,29-30,33H,11-18H2,1-10H3/q+1. The fourth-order valence-corrected chi connectivity index (χ4v) is 7.68. The quantitative estimate of drug-likeness (QED) is 0.490. The number of rotatable bonds is 7. The largest absolute Gasteiger partial charge is 0.380 e. The highest BCUT2D eigenvalue weighted by molar-refractivity contribution is 6.49. The normalized spacial score (nSPS) is 32.5. The molecule has 6 heteroatoms. The van der Waals surface area contributed by atoms with Gasteiger partial charge >= 0.3 is 0 Å². The van der Waals surface area contributed by atoms with E-state index in [9.17, 15) is 9.90 Å². The van der Waals surface area contributed by atoms with Crippen LogP contribution in [-0.4, -0.2) is 85.6 Å². The van der Waals surface area contributed by atoms with Crippen LogP contribution in [0.1, 0.15) is 108 Å². The monoisotopic (exact) mass is 477 g/mol. The predicted octanol–water partition coefficient (Wildman–Crippen LogP) is 3.49. The molecule has 2 atom stereocenters. The molecule has 2 aliphatic heterocycles. The van der Waals surface area contributed by atoms with E-state index in [4.69, 9.17) is 0 Å². The molecule has 3 N–H and O–H groups in total. The van der Waals surface area contributed by atoms with E-state index in [1.165, 1.54) is 0 Å². The van der Waals surface area contributed by atoms with Gasteiger partial charge in [0.05, 0.1) is 0 Å². The van der Waals surface area contributed by atoms with Crippen LogP contribution in [-0.2, 0) is 4.79 Å². The summed E-state index contributed by atoms with van der Waals surface area (Å²) >= 11 is 0. The van der Waals surface area contributed by atoms with Gasteiger partial charge in [-0.15, -0.1) is 0 Å². The number of Topliss-reactive ketones (excluding diaryl/α,β-unsaturated/α-hetero) is 1. The molecule has 6 nitrogen and oxygen atoms in total. The molecule has 0 amide bonds. The van der Waals surface area contributed by atoms with Crippen LogP contribution in [0.25, 0.3) is 0 Å². The van der Waals surface area contributed by atoms with Crippen LogP contribution in [0.3, 0.4) is 0 Å². The topological polar surface area (TPSA) is 67.6 Å². The third-order valence-corrected chi connectivity index (χ3v) is 7.96. The van der Waals surface area contributed by atoms with Crippen LogP contribution < -0.4 is 10.6 Å². The van der Waals surface area contributed by atoms with Gasteiger partial charge in [-0.3, -0.25) is 9.69 Å². The summed E-state index contributed by atoms with van der Waals surface area (Å²) in [6.45, 7) is 24.0. The molecule has 0 bridgehead atoms. The Kier molecular flexibility index (Phi) is 7.81. The van der Waals surface area contributed by atoms with Crippen molar-refractivity contribution in [2.75, 3.05) is 13.1 Å². The van der Waals surface area contributed by atoms with E-state index >= 15 is 0 Å². The molecule has 1 aliphatic carbocycles. The van der Waals surface area contributed by atoms with Crippen molar-refractivity contribution in [3.05, 3.63) is 0 Å². The van der Waals surface area contributed by atoms with Crippen molar-refractivity contribution in [2.45, 2.75) is 154 Å². The Bertz CT molecular complexity index is 766. The summed E-state index contributed by atoms with van der Waals surface area (Å²) in [7, 11) is 0. The summed E-state index contributed by atoms with van der Waals surface area (Å²) in [5.74, 6) is 0.151. The van der Waals surface area contributed by atoms with E-state index in [1.54, 1.807) is 0 Å². The zero-order valence-electron chi connectivity index (χ0n) is 23.7. The minimum atomic E-state index is -0.701. The van der Waals surface area contributed by atoms with Gasteiger partial charge in [-0.25, -0.2) is 4.58 Å². The van der Waals surface area contributed by atoms with Gasteiger partial charge in [0.15, 0.2) is 12.1 Å². The zero-order chi connectivity index (χ0) is 25.7. The first-order valence-corrected chi connectivity index (χ1v) is 13.7. The minimum Gasteiger partial charge on any atom is -0.380 e. The Morgan fingerprint density at radius 2 is 1.32 bits per heavy atom. The molecule has 2 heterocycles. The maximum absolute atomic E-state index is 13.8. The number of hydrogen-bond donors (Lipinski definition) is 3. The van der Waals surface area contributed by atoms with Crippen molar-refractivity contribution in [3.63, 3.8) is 0 Å². The number of aliphatic hydroxyl groups is 1. The predicted molar refractivity (Wildman–Crippen MR) is 141 cm³/mol. The first kappa shape index (κ1) is 27.8. The zero-order valence-corrected chi connectivity index (χ0v) is 23.7. The van der Waals surface area contributed by atoms with Gasteiger partial charge in [0.2, 0.25) is 5.78 Å². The maximum atomic E-state index is 13.8. The van der Waals surface area contributed by atoms with Crippen LogP contribution in [0, 0.1) is 0 Å². The van der Waals surface area contributed by atoms with Crippen molar-refractivity contribution in [1.29, 1.82) is 0 Å². The Morgan fingerprint density at radius 3 is 1.74 bits per heavy atom. The van der Waals surface area contributed by atoms with Crippen molar-refractivity contribution < 1.29 is 14.5 Å². The lowest BCUT2D eigenvalue weighted by atomic mass is 9.75. The number of nitrogens with zero attached hydrogens (tertiary/aromatic N) is 2. The van der Waals surface area contributed by atoms with Gasteiger partial charge in [-0.2, -0.15) is 0 Å². The highest BCUT2D eigenvalue weighted by Gasteiger charge is 2.58. The minimum absolute atomic E-state index is 0.00318. The molecule has 3 aliphatic rings. The average molecular weight is 478 g/mol. The van der Waals surface area contributed by atoms with E-state index in [0.29, 0.717) is 5.71 Å². The number of carbonyl (C=O) groups is 1. The van der Waals surface area contributed by atoms with Crippen LogP contribution in [0.2, 0.25) is 0 Å². The molecule has 0 radical (unpaired) electrons. The molecule has 3 rings (SSSR count). The van der Waals surface area contributed by atoms with Gasteiger partial charge in [0.25, 0.3) is 5.71 Å². The van der Waals surface area contributed by atoms with Gasteiger partial charge in [-0.05, 0) is 81.2 Å². The highest BCUT2D eigenvalue weighted by Crippen LogP contribution is 2.36. The van der Waals surface area contributed by atoms with Crippen LogP contribution >= 0.6 is 0 Å². The van der Waals surface area contributed by atoms with Gasteiger partial charge < -0.3 is 15.7 Å². The Balaban J connectivity index is 1.92. The van der Waals surface area contributed by atoms with E-state index in [1.807, 2.05) is 0 Å². The number of hydrogen-bond acceptors (Lipinski definition) is 5. The molecule has 0 aromatic rings. The molecule has 196 valence electrons. The fraction of sp³-hybridized carbons (Fsp3) is 0.929. The first-order valence-electron chi connectivity index (χ1n) is 13.7. The van der Waals surface area contributed by atoms with Crippen LogP contribution in [0.4, 0.5) is 0 Å². The summed E-state index contributed by atoms with van der Waals surface area (Å²) in [5, 5.41) is 19.1. The number of aliphatic hydroxyl groups excluding tert-OH is 1.